The molecule has 2 rings (SSSR count). The van der Waals surface area contributed by atoms with Gasteiger partial charge in [0.15, 0.2) is 0 Å². The van der Waals surface area contributed by atoms with Crippen LogP contribution in [0.4, 0.5) is 0 Å². The minimum Gasteiger partial charge on any atom is -0.358 e. The molecule has 1 aliphatic rings. The van der Waals surface area contributed by atoms with E-state index in [-0.39, 0.29) is 9.33 Å². The first kappa shape index (κ1) is 17.1. The van der Waals surface area contributed by atoms with E-state index in [1.807, 2.05) is 6.07 Å². The number of rotatable bonds is 6. The van der Waals surface area contributed by atoms with Crippen molar-refractivity contribution in [3.05, 3.63) is 30.3 Å². The summed E-state index contributed by atoms with van der Waals surface area (Å²) in [4.78, 5) is 13.6. The quantitative estimate of drug-likeness (QED) is 0.414. The van der Waals surface area contributed by atoms with Gasteiger partial charge in [0.25, 0.3) is 0 Å². The summed E-state index contributed by atoms with van der Waals surface area (Å²) in [5.74, 6) is 1.73. The lowest BCUT2D eigenvalue weighted by Crippen LogP contribution is -2.44. The number of benzene rings is 1. The van der Waals surface area contributed by atoms with Gasteiger partial charge in [0.2, 0.25) is 5.91 Å². The van der Waals surface area contributed by atoms with E-state index in [1.54, 1.807) is 18.8 Å². The van der Waals surface area contributed by atoms with Gasteiger partial charge in [-0.1, -0.05) is 72.9 Å². The molecule has 1 aromatic carbocycles. The molecule has 0 radical (unpaired) electrons. The van der Waals surface area contributed by atoms with Crippen LogP contribution in [0, 0.1) is 5.92 Å². The topological polar surface area (TPSA) is 29.1 Å². The number of hydrogen-bond acceptors (Lipinski definition) is 2. The summed E-state index contributed by atoms with van der Waals surface area (Å²) in [6.45, 7) is 0. The number of amides is 1. The Balaban J connectivity index is 1.99. The van der Waals surface area contributed by atoms with Crippen LogP contribution in [0.15, 0.2) is 35.2 Å². The largest absolute Gasteiger partial charge is 0.358 e. The van der Waals surface area contributed by atoms with Crippen molar-refractivity contribution in [3.8, 4) is 0 Å². The Morgan fingerprint density at radius 3 is 2.57 bits per heavy atom. The Morgan fingerprint density at radius 2 is 1.95 bits per heavy atom. The Hall–Kier alpha value is -0.230. The molecule has 1 unspecified atom stereocenters. The molecule has 0 bridgehead atoms. The lowest BCUT2D eigenvalue weighted by molar-refractivity contribution is -0.122. The van der Waals surface area contributed by atoms with Crippen molar-refractivity contribution in [2.45, 2.75) is 46.8 Å². The summed E-state index contributed by atoms with van der Waals surface area (Å²) in [6.07, 6.45) is 7.61. The highest BCUT2D eigenvalue weighted by atomic mass is 127. The number of halogens is 1. The molecule has 4 heteroatoms. The van der Waals surface area contributed by atoms with Crippen molar-refractivity contribution in [1.82, 2.24) is 5.32 Å². The van der Waals surface area contributed by atoms with Gasteiger partial charge in [-0.25, -0.2) is 0 Å². The highest BCUT2D eigenvalue weighted by Crippen LogP contribution is 2.38. The van der Waals surface area contributed by atoms with E-state index in [2.05, 4.69) is 52.2 Å². The van der Waals surface area contributed by atoms with Gasteiger partial charge < -0.3 is 5.32 Å². The van der Waals surface area contributed by atoms with Crippen LogP contribution in [0.25, 0.3) is 0 Å². The zero-order chi connectivity index (χ0) is 15.1. The molecule has 116 valence electrons. The molecule has 1 saturated carbocycles. The van der Waals surface area contributed by atoms with Crippen LogP contribution in [0.1, 0.15) is 38.5 Å². The highest BCUT2D eigenvalue weighted by Gasteiger charge is 2.37. The zero-order valence-electron chi connectivity index (χ0n) is 12.6. The van der Waals surface area contributed by atoms with E-state index in [9.17, 15) is 4.79 Å². The van der Waals surface area contributed by atoms with Crippen LogP contribution in [0.3, 0.4) is 0 Å². The standard InChI is InChI=1S/C17H24INOS/c1-19-16(20)17(18,12-14-8-4-2-5-9-14)13-21-15-10-6-3-7-11-15/h3,6-7,10-11,14H,2,4-5,8-9,12-13H2,1H3,(H,19,20). The number of alkyl halides is 1. The number of carbonyl (C=O) groups is 1. The number of nitrogens with one attached hydrogen (secondary N) is 1. The summed E-state index contributed by atoms with van der Waals surface area (Å²) < 4.78 is -0.297. The average Bonchev–Trinajstić information content (AvgIpc) is 2.54. The fourth-order valence-electron chi connectivity index (χ4n) is 3.00. The van der Waals surface area contributed by atoms with Gasteiger partial charge >= 0.3 is 0 Å². The number of hydrogen-bond donors (Lipinski definition) is 1. The summed E-state index contributed by atoms with van der Waals surface area (Å²) in [5, 5.41) is 2.87. The van der Waals surface area contributed by atoms with Crippen molar-refractivity contribution in [3.63, 3.8) is 0 Å². The maximum atomic E-state index is 12.4. The molecular formula is C17H24INOS. The first-order chi connectivity index (χ1) is 10.1. The Morgan fingerprint density at radius 1 is 1.29 bits per heavy atom. The van der Waals surface area contributed by atoms with E-state index < -0.39 is 0 Å². The van der Waals surface area contributed by atoms with E-state index >= 15 is 0 Å². The third-order valence-corrected chi connectivity index (χ3v) is 7.25. The second-order valence-corrected chi connectivity index (χ2v) is 8.97. The molecule has 1 atom stereocenters. The van der Waals surface area contributed by atoms with Crippen LogP contribution < -0.4 is 5.32 Å². The molecule has 0 spiro atoms. The van der Waals surface area contributed by atoms with Crippen LogP contribution in [0.5, 0.6) is 0 Å². The molecule has 0 heterocycles. The monoisotopic (exact) mass is 417 g/mol. The van der Waals surface area contributed by atoms with Gasteiger partial charge in [-0.3, -0.25) is 4.79 Å². The Kier molecular flexibility index (Phi) is 6.86. The second-order valence-electron chi connectivity index (χ2n) is 5.85. The number of thioether (sulfide) groups is 1. The molecule has 0 aromatic heterocycles. The third-order valence-electron chi connectivity index (χ3n) is 4.18. The van der Waals surface area contributed by atoms with E-state index in [0.717, 1.165) is 12.2 Å². The fourth-order valence-corrected chi connectivity index (χ4v) is 5.36. The molecular weight excluding hydrogens is 393 g/mol. The molecule has 0 aliphatic heterocycles. The maximum Gasteiger partial charge on any atom is 0.236 e. The van der Waals surface area contributed by atoms with Gasteiger partial charge in [0, 0.05) is 17.7 Å². The SMILES string of the molecule is CNC(=O)C(I)(CSc1ccccc1)CC1CCCCC1. The fraction of sp³-hybridized carbons (Fsp3) is 0.588. The molecule has 21 heavy (non-hydrogen) atoms. The van der Waals surface area contributed by atoms with E-state index in [4.69, 9.17) is 0 Å². The Labute approximate surface area is 146 Å². The lowest BCUT2D eigenvalue weighted by atomic mass is 9.83. The van der Waals surface area contributed by atoms with E-state index in [1.165, 1.54) is 37.0 Å². The van der Waals surface area contributed by atoms with Crippen molar-refractivity contribution < 1.29 is 4.79 Å². The lowest BCUT2D eigenvalue weighted by Gasteiger charge is -2.31. The maximum absolute atomic E-state index is 12.4. The summed E-state index contributed by atoms with van der Waals surface area (Å²) in [5.41, 5.74) is 0. The molecule has 1 amide bonds. The van der Waals surface area contributed by atoms with Crippen molar-refractivity contribution in [2.24, 2.45) is 5.92 Å². The van der Waals surface area contributed by atoms with Crippen molar-refractivity contribution in [1.29, 1.82) is 0 Å². The summed E-state index contributed by atoms with van der Waals surface area (Å²) >= 11 is 4.19. The molecule has 1 aromatic rings. The van der Waals surface area contributed by atoms with Gasteiger partial charge in [-0.05, 0) is 24.5 Å². The second kappa shape index (κ2) is 8.42. The third kappa shape index (κ3) is 5.16. The van der Waals surface area contributed by atoms with Crippen LogP contribution >= 0.6 is 34.4 Å². The van der Waals surface area contributed by atoms with Gasteiger partial charge in [0.05, 0.1) is 0 Å². The van der Waals surface area contributed by atoms with Gasteiger partial charge in [-0.2, -0.15) is 0 Å². The van der Waals surface area contributed by atoms with Crippen molar-refractivity contribution in [2.75, 3.05) is 12.8 Å². The molecule has 1 aliphatic carbocycles. The molecule has 0 saturated heterocycles. The molecule has 2 nitrogen and oxygen atoms in total. The van der Waals surface area contributed by atoms with Crippen LogP contribution in [0.2, 0.25) is 0 Å². The zero-order valence-corrected chi connectivity index (χ0v) is 15.6. The van der Waals surface area contributed by atoms with Gasteiger partial charge in [0.1, 0.15) is 3.42 Å². The molecule has 1 fully saturated rings. The predicted molar refractivity (Wildman–Crippen MR) is 99.2 cm³/mol. The van der Waals surface area contributed by atoms with E-state index in [0.29, 0.717) is 5.92 Å². The smallest absolute Gasteiger partial charge is 0.236 e. The minimum atomic E-state index is -0.297. The first-order valence-corrected chi connectivity index (χ1v) is 9.79. The minimum absolute atomic E-state index is 0.178. The number of carbonyl (C=O) groups excluding carboxylic acids is 1. The van der Waals surface area contributed by atoms with Crippen LogP contribution in [-0.2, 0) is 4.79 Å². The normalized spacial score (nSPS) is 19.0. The average molecular weight is 417 g/mol. The highest BCUT2D eigenvalue weighted by molar-refractivity contribution is 14.1. The van der Waals surface area contributed by atoms with Crippen LogP contribution in [-0.4, -0.2) is 22.1 Å². The first-order valence-electron chi connectivity index (χ1n) is 7.73. The van der Waals surface area contributed by atoms with Crippen molar-refractivity contribution >= 4 is 40.3 Å². The van der Waals surface area contributed by atoms with Gasteiger partial charge in [-0.15, -0.1) is 11.8 Å². The Bertz CT molecular complexity index is 447. The predicted octanol–water partition coefficient (Wildman–Crippen LogP) is 4.67. The molecule has 1 N–H and O–H groups in total. The summed E-state index contributed by atoms with van der Waals surface area (Å²) in [6, 6.07) is 10.4. The summed E-state index contributed by atoms with van der Waals surface area (Å²) in [7, 11) is 1.75.